The SMILES string of the molecule is CCC(=O)CC1CCCCCC1. The Morgan fingerprint density at radius 3 is 2.25 bits per heavy atom. The Kier molecular flexibility index (Phi) is 4.34. The number of rotatable bonds is 3. The van der Waals surface area contributed by atoms with Crippen molar-refractivity contribution in [1.82, 2.24) is 0 Å². The minimum atomic E-state index is 0.460. The van der Waals surface area contributed by atoms with Gasteiger partial charge < -0.3 is 0 Å². The average molecular weight is 168 g/mol. The molecule has 0 spiro atoms. The van der Waals surface area contributed by atoms with E-state index in [9.17, 15) is 4.79 Å². The maximum absolute atomic E-state index is 11.2. The van der Waals surface area contributed by atoms with E-state index in [0.717, 1.165) is 18.8 Å². The number of hydrogen-bond acceptors (Lipinski definition) is 1. The van der Waals surface area contributed by atoms with Gasteiger partial charge in [0.15, 0.2) is 0 Å². The molecule has 0 N–H and O–H groups in total. The molecule has 0 amide bonds. The van der Waals surface area contributed by atoms with Crippen molar-refractivity contribution in [2.24, 2.45) is 5.92 Å². The molecule has 0 aromatic carbocycles. The molecule has 0 atom stereocenters. The number of hydrogen-bond donors (Lipinski definition) is 0. The normalized spacial score (nSPS) is 20.4. The maximum atomic E-state index is 11.2. The zero-order chi connectivity index (χ0) is 8.81. The lowest BCUT2D eigenvalue weighted by Gasteiger charge is -2.11. The van der Waals surface area contributed by atoms with Gasteiger partial charge in [-0.1, -0.05) is 45.4 Å². The van der Waals surface area contributed by atoms with Crippen LogP contribution in [0.1, 0.15) is 58.3 Å². The summed E-state index contributed by atoms with van der Waals surface area (Å²) in [6.45, 7) is 1.97. The summed E-state index contributed by atoms with van der Waals surface area (Å²) in [5, 5.41) is 0. The van der Waals surface area contributed by atoms with E-state index in [4.69, 9.17) is 0 Å². The summed E-state index contributed by atoms with van der Waals surface area (Å²) in [5.74, 6) is 1.18. The second-order valence-electron chi connectivity index (χ2n) is 3.95. The van der Waals surface area contributed by atoms with Gasteiger partial charge in [0.1, 0.15) is 5.78 Å². The zero-order valence-electron chi connectivity index (χ0n) is 8.14. The molecule has 0 aliphatic heterocycles. The summed E-state index contributed by atoms with van der Waals surface area (Å²) < 4.78 is 0. The molecule has 1 saturated carbocycles. The topological polar surface area (TPSA) is 17.1 Å². The van der Waals surface area contributed by atoms with Crippen molar-refractivity contribution in [3.05, 3.63) is 0 Å². The third kappa shape index (κ3) is 3.38. The van der Waals surface area contributed by atoms with Crippen molar-refractivity contribution in [3.8, 4) is 0 Å². The third-order valence-electron chi connectivity index (χ3n) is 2.89. The van der Waals surface area contributed by atoms with Crippen LogP contribution in [0.3, 0.4) is 0 Å². The quantitative estimate of drug-likeness (QED) is 0.591. The summed E-state index contributed by atoms with van der Waals surface area (Å²) in [4.78, 5) is 11.2. The van der Waals surface area contributed by atoms with Crippen LogP contribution in [0.25, 0.3) is 0 Å². The molecule has 0 saturated heterocycles. The molecule has 0 aromatic heterocycles. The summed E-state index contributed by atoms with van der Waals surface area (Å²) in [6, 6.07) is 0. The summed E-state index contributed by atoms with van der Waals surface area (Å²) in [6.07, 6.45) is 9.65. The molecular weight excluding hydrogens is 148 g/mol. The molecule has 1 aliphatic carbocycles. The van der Waals surface area contributed by atoms with E-state index in [1.807, 2.05) is 6.92 Å². The van der Waals surface area contributed by atoms with E-state index in [1.54, 1.807) is 0 Å². The van der Waals surface area contributed by atoms with Gasteiger partial charge in [0.2, 0.25) is 0 Å². The predicted molar refractivity (Wildman–Crippen MR) is 51.1 cm³/mol. The van der Waals surface area contributed by atoms with Crippen LogP contribution >= 0.6 is 0 Å². The Labute approximate surface area is 75.5 Å². The maximum Gasteiger partial charge on any atom is 0.132 e. The highest BCUT2D eigenvalue weighted by Crippen LogP contribution is 2.25. The van der Waals surface area contributed by atoms with E-state index >= 15 is 0 Å². The lowest BCUT2D eigenvalue weighted by molar-refractivity contribution is -0.119. The largest absolute Gasteiger partial charge is 0.300 e. The number of ketones is 1. The van der Waals surface area contributed by atoms with E-state index < -0.39 is 0 Å². The molecule has 1 nitrogen and oxygen atoms in total. The van der Waals surface area contributed by atoms with Gasteiger partial charge in [-0.3, -0.25) is 4.79 Å². The zero-order valence-corrected chi connectivity index (χ0v) is 8.14. The van der Waals surface area contributed by atoms with Crippen molar-refractivity contribution < 1.29 is 4.79 Å². The molecule has 0 aromatic rings. The standard InChI is InChI=1S/C11H20O/c1-2-11(12)9-10-7-5-3-4-6-8-10/h10H,2-9H2,1H3. The van der Waals surface area contributed by atoms with Gasteiger partial charge in [0, 0.05) is 12.8 Å². The third-order valence-corrected chi connectivity index (χ3v) is 2.89. The van der Waals surface area contributed by atoms with E-state index in [2.05, 4.69) is 0 Å². The van der Waals surface area contributed by atoms with Gasteiger partial charge in [0.25, 0.3) is 0 Å². The summed E-state index contributed by atoms with van der Waals surface area (Å²) in [5.41, 5.74) is 0. The first-order valence-corrected chi connectivity index (χ1v) is 5.34. The van der Waals surface area contributed by atoms with Crippen molar-refractivity contribution in [2.75, 3.05) is 0 Å². The fourth-order valence-corrected chi connectivity index (χ4v) is 2.03. The minimum Gasteiger partial charge on any atom is -0.300 e. The molecule has 1 heteroatoms. The first-order valence-electron chi connectivity index (χ1n) is 5.34. The van der Waals surface area contributed by atoms with Gasteiger partial charge in [-0.05, 0) is 5.92 Å². The number of Topliss-reactive ketones (excluding diaryl/α,β-unsaturated/α-hetero) is 1. The fraction of sp³-hybridized carbons (Fsp3) is 0.909. The molecule has 0 heterocycles. The monoisotopic (exact) mass is 168 g/mol. The Morgan fingerprint density at radius 1 is 1.17 bits per heavy atom. The van der Waals surface area contributed by atoms with Crippen LogP contribution in [0.5, 0.6) is 0 Å². The lowest BCUT2D eigenvalue weighted by Crippen LogP contribution is -2.06. The van der Waals surface area contributed by atoms with Crippen LogP contribution in [-0.2, 0) is 4.79 Å². The van der Waals surface area contributed by atoms with Crippen molar-refractivity contribution in [1.29, 1.82) is 0 Å². The fourth-order valence-electron chi connectivity index (χ4n) is 2.03. The van der Waals surface area contributed by atoms with Crippen LogP contribution < -0.4 is 0 Å². The van der Waals surface area contributed by atoms with Crippen LogP contribution in [0, 0.1) is 5.92 Å². The van der Waals surface area contributed by atoms with Crippen molar-refractivity contribution in [3.63, 3.8) is 0 Å². The molecule has 1 rings (SSSR count). The number of carbonyl (C=O) groups excluding carboxylic acids is 1. The van der Waals surface area contributed by atoms with E-state index in [1.165, 1.54) is 38.5 Å². The van der Waals surface area contributed by atoms with Crippen LogP contribution in [0.4, 0.5) is 0 Å². The molecule has 1 aliphatic rings. The highest BCUT2D eigenvalue weighted by atomic mass is 16.1. The molecular formula is C11H20O. The van der Waals surface area contributed by atoms with Crippen LogP contribution in [0.2, 0.25) is 0 Å². The molecule has 12 heavy (non-hydrogen) atoms. The van der Waals surface area contributed by atoms with Crippen LogP contribution in [-0.4, -0.2) is 5.78 Å². The van der Waals surface area contributed by atoms with Gasteiger partial charge in [-0.2, -0.15) is 0 Å². The lowest BCUT2D eigenvalue weighted by atomic mass is 9.94. The van der Waals surface area contributed by atoms with Gasteiger partial charge in [0.05, 0.1) is 0 Å². The minimum absolute atomic E-state index is 0.460. The van der Waals surface area contributed by atoms with Gasteiger partial charge >= 0.3 is 0 Å². The Morgan fingerprint density at radius 2 is 1.75 bits per heavy atom. The number of carbonyl (C=O) groups is 1. The molecule has 0 unspecified atom stereocenters. The first-order chi connectivity index (χ1) is 5.83. The molecule has 70 valence electrons. The summed E-state index contributed by atoms with van der Waals surface area (Å²) in [7, 11) is 0. The van der Waals surface area contributed by atoms with Gasteiger partial charge in [-0.25, -0.2) is 0 Å². The second-order valence-corrected chi connectivity index (χ2v) is 3.95. The first kappa shape index (κ1) is 9.76. The smallest absolute Gasteiger partial charge is 0.132 e. The van der Waals surface area contributed by atoms with Gasteiger partial charge in [-0.15, -0.1) is 0 Å². The second kappa shape index (κ2) is 5.34. The highest BCUT2D eigenvalue weighted by Gasteiger charge is 2.14. The van der Waals surface area contributed by atoms with E-state index in [-0.39, 0.29) is 0 Å². The average Bonchev–Trinajstić information content (AvgIpc) is 2.33. The van der Waals surface area contributed by atoms with Crippen molar-refractivity contribution in [2.45, 2.75) is 58.3 Å². The molecule has 0 bridgehead atoms. The van der Waals surface area contributed by atoms with Crippen LogP contribution in [0.15, 0.2) is 0 Å². The van der Waals surface area contributed by atoms with E-state index in [0.29, 0.717) is 5.78 Å². The predicted octanol–water partition coefficient (Wildman–Crippen LogP) is 3.33. The molecule has 0 radical (unpaired) electrons. The molecule has 1 fully saturated rings. The summed E-state index contributed by atoms with van der Waals surface area (Å²) >= 11 is 0. The highest BCUT2D eigenvalue weighted by molar-refractivity contribution is 5.78. The van der Waals surface area contributed by atoms with Crippen molar-refractivity contribution >= 4 is 5.78 Å². The Balaban J connectivity index is 2.24. The Hall–Kier alpha value is -0.330. The Bertz CT molecular complexity index is 132.